The molecule has 2 rings (SSSR count). The Morgan fingerprint density at radius 3 is 3.00 bits per heavy atom. The molecular weight excluding hydrogens is 218 g/mol. The molecule has 1 aliphatic heterocycles. The van der Waals surface area contributed by atoms with E-state index in [1.165, 1.54) is 0 Å². The van der Waals surface area contributed by atoms with Crippen molar-refractivity contribution in [1.29, 1.82) is 0 Å². The highest BCUT2D eigenvalue weighted by Gasteiger charge is 2.21. The Balaban J connectivity index is 1.91. The molecule has 0 saturated carbocycles. The summed E-state index contributed by atoms with van der Waals surface area (Å²) in [7, 11) is 0. The van der Waals surface area contributed by atoms with Crippen LogP contribution in [0.1, 0.15) is 32.5 Å². The van der Waals surface area contributed by atoms with Crippen LogP contribution in [0.5, 0.6) is 0 Å². The number of hydrogen-bond acceptors (Lipinski definition) is 5. The summed E-state index contributed by atoms with van der Waals surface area (Å²) >= 11 is 0. The third-order valence-electron chi connectivity index (χ3n) is 2.94. The van der Waals surface area contributed by atoms with Gasteiger partial charge in [0.15, 0.2) is 5.82 Å². The normalized spacial score (nSPS) is 22.2. The van der Waals surface area contributed by atoms with Gasteiger partial charge in [-0.25, -0.2) is 0 Å². The number of aromatic nitrogens is 2. The van der Waals surface area contributed by atoms with E-state index < -0.39 is 0 Å². The molecule has 1 aromatic rings. The van der Waals surface area contributed by atoms with Crippen LogP contribution in [0.3, 0.4) is 0 Å². The van der Waals surface area contributed by atoms with Gasteiger partial charge in [0.25, 0.3) is 0 Å². The summed E-state index contributed by atoms with van der Waals surface area (Å²) in [6, 6.07) is 0.421. The summed E-state index contributed by atoms with van der Waals surface area (Å²) in [4.78, 5) is 6.73. The van der Waals surface area contributed by atoms with Gasteiger partial charge < -0.3 is 9.26 Å². The number of ether oxygens (including phenoxy) is 1. The summed E-state index contributed by atoms with van der Waals surface area (Å²) < 4.78 is 10.7. The molecule has 96 valence electrons. The van der Waals surface area contributed by atoms with Crippen LogP contribution in [0.2, 0.25) is 0 Å². The van der Waals surface area contributed by atoms with Crippen LogP contribution in [-0.2, 0) is 17.7 Å². The van der Waals surface area contributed by atoms with Gasteiger partial charge >= 0.3 is 0 Å². The van der Waals surface area contributed by atoms with E-state index in [2.05, 4.69) is 35.8 Å². The number of rotatable bonds is 4. The van der Waals surface area contributed by atoms with E-state index in [0.717, 1.165) is 44.4 Å². The Bertz CT molecular complexity index is 351. The van der Waals surface area contributed by atoms with Crippen molar-refractivity contribution in [3.05, 3.63) is 11.7 Å². The second-order valence-electron chi connectivity index (χ2n) is 5.10. The average molecular weight is 239 g/mol. The first-order valence-electron chi connectivity index (χ1n) is 6.28. The fourth-order valence-corrected chi connectivity index (χ4v) is 1.97. The van der Waals surface area contributed by atoms with Crippen molar-refractivity contribution in [1.82, 2.24) is 15.0 Å². The molecule has 0 aromatic carbocycles. The minimum absolute atomic E-state index is 0.421. The highest BCUT2D eigenvalue weighted by atomic mass is 16.5. The van der Waals surface area contributed by atoms with Crippen LogP contribution < -0.4 is 0 Å². The fraction of sp³-hybridized carbons (Fsp3) is 0.833. The van der Waals surface area contributed by atoms with Crippen molar-refractivity contribution < 1.29 is 9.26 Å². The van der Waals surface area contributed by atoms with E-state index in [4.69, 9.17) is 9.26 Å². The van der Waals surface area contributed by atoms with Gasteiger partial charge in [-0.1, -0.05) is 19.0 Å². The molecule has 5 nitrogen and oxygen atoms in total. The van der Waals surface area contributed by atoms with Gasteiger partial charge in [0.1, 0.15) is 0 Å². The SMILES string of the molecule is CC(C)Cc1noc(CN2CCOC[C@H]2C)n1. The van der Waals surface area contributed by atoms with E-state index in [-0.39, 0.29) is 0 Å². The molecular formula is C12H21N3O2. The Kier molecular flexibility index (Phi) is 4.12. The molecule has 0 aliphatic carbocycles. The zero-order chi connectivity index (χ0) is 12.3. The number of morpholine rings is 1. The van der Waals surface area contributed by atoms with Gasteiger partial charge in [0, 0.05) is 19.0 Å². The lowest BCUT2D eigenvalue weighted by Crippen LogP contribution is -2.42. The molecule has 0 amide bonds. The Labute approximate surface area is 102 Å². The molecule has 1 aliphatic rings. The molecule has 0 spiro atoms. The molecule has 0 unspecified atom stereocenters. The molecule has 2 heterocycles. The first kappa shape index (κ1) is 12.5. The van der Waals surface area contributed by atoms with Crippen molar-refractivity contribution in [3.63, 3.8) is 0 Å². The second kappa shape index (κ2) is 5.60. The average Bonchev–Trinajstić information content (AvgIpc) is 2.68. The first-order valence-corrected chi connectivity index (χ1v) is 6.28. The summed E-state index contributed by atoms with van der Waals surface area (Å²) in [5.74, 6) is 2.09. The molecule has 17 heavy (non-hydrogen) atoms. The van der Waals surface area contributed by atoms with Crippen LogP contribution in [0.25, 0.3) is 0 Å². The van der Waals surface area contributed by atoms with E-state index in [1.54, 1.807) is 0 Å². The highest BCUT2D eigenvalue weighted by Crippen LogP contribution is 2.11. The number of nitrogens with zero attached hydrogens (tertiary/aromatic N) is 3. The maximum absolute atomic E-state index is 5.40. The van der Waals surface area contributed by atoms with Crippen LogP contribution >= 0.6 is 0 Å². The summed E-state index contributed by atoms with van der Waals surface area (Å²) in [6.45, 7) is 9.70. The maximum Gasteiger partial charge on any atom is 0.240 e. The van der Waals surface area contributed by atoms with Crippen molar-refractivity contribution in [2.24, 2.45) is 5.92 Å². The quantitative estimate of drug-likeness (QED) is 0.796. The zero-order valence-corrected chi connectivity index (χ0v) is 10.8. The molecule has 0 N–H and O–H groups in total. The lowest BCUT2D eigenvalue weighted by atomic mass is 10.1. The molecule has 1 aromatic heterocycles. The van der Waals surface area contributed by atoms with Gasteiger partial charge in [-0.3, -0.25) is 4.90 Å². The third kappa shape index (κ3) is 3.51. The molecule has 0 radical (unpaired) electrons. The van der Waals surface area contributed by atoms with E-state index in [0.29, 0.717) is 12.0 Å². The molecule has 1 saturated heterocycles. The van der Waals surface area contributed by atoms with Crippen LogP contribution in [0.15, 0.2) is 4.52 Å². The maximum atomic E-state index is 5.40. The minimum atomic E-state index is 0.421. The smallest absolute Gasteiger partial charge is 0.240 e. The van der Waals surface area contributed by atoms with Gasteiger partial charge in [-0.15, -0.1) is 0 Å². The van der Waals surface area contributed by atoms with Gasteiger partial charge in [0.2, 0.25) is 5.89 Å². The predicted molar refractivity (Wildman–Crippen MR) is 63.5 cm³/mol. The zero-order valence-electron chi connectivity index (χ0n) is 10.8. The molecule has 1 fully saturated rings. The topological polar surface area (TPSA) is 51.4 Å². The van der Waals surface area contributed by atoms with E-state index in [9.17, 15) is 0 Å². The monoisotopic (exact) mass is 239 g/mol. The Morgan fingerprint density at radius 2 is 2.29 bits per heavy atom. The second-order valence-corrected chi connectivity index (χ2v) is 5.10. The van der Waals surface area contributed by atoms with E-state index >= 15 is 0 Å². The minimum Gasteiger partial charge on any atom is -0.379 e. The van der Waals surface area contributed by atoms with Crippen LogP contribution in [-0.4, -0.2) is 40.8 Å². The fourth-order valence-electron chi connectivity index (χ4n) is 1.97. The van der Waals surface area contributed by atoms with E-state index in [1.807, 2.05) is 0 Å². The van der Waals surface area contributed by atoms with Crippen molar-refractivity contribution in [2.45, 2.75) is 39.8 Å². The van der Waals surface area contributed by atoms with Crippen LogP contribution in [0.4, 0.5) is 0 Å². The predicted octanol–water partition coefficient (Wildman–Crippen LogP) is 1.49. The van der Waals surface area contributed by atoms with Crippen LogP contribution in [0, 0.1) is 5.92 Å². The summed E-state index contributed by atoms with van der Waals surface area (Å²) in [5, 5.41) is 4.00. The summed E-state index contributed by atoms with van der Waals surface area (Å²) in [6.07, 6.45) is 0.877. The number of hydrogen-bond donors (Lipinski definition) is 0. The molecule has 0 bridgehead atoms. The molecule has 5 heteroatoms. The van der Waals surface area contributed by atoms with Gasteiger partial charge in [0.05, 0.1) is 19.8 Å². The molecule has 1 atom stereocenters. The Morgan fingerprint density at radius 1 is 1.47 bits per heavy atom. The highest BCUT2D eigenvalue weighted by molar-refractivity contribution is 4.88. The van der Waals surface area contributed by atoms with Crippen molar-refractivity contribution in [2.75, 3.05) is 19.8 Å². The van der Waals surface area contributed by atoms with Gasteiger partial charge in [-0.2, -0.15) is 4.98 Å². The van der Waals surface area contributed by atoms with Gasteiger partial charge in [-0.05, 0) is 12.8 Å². The summed E-state index contributed by atoms with van der Waals surface area (Å²) in [5.41, 5.74) is 0. The van der Waals surface area contributed by atoms with Crippen molar-refractivity contribution >= 4 is 0 Å². The van der Waals surface area contributed by atoms with Crippen molar-refractivity contribution in [3.8, 4) is 0 Å². The lowest BCUT2D eigenvalue weighted by Gasteiger charge is -2.31. The largest absolute Gasteiger partial charge is 0.379 e. The standard InChI is InChI=1S/C12H21N3O2/c1-9(2)6-11-13-12(17-14-11)7-15-4-5-16-8-10(15)3/h9-10H,4-8H2,1-3H3/t10-/m1/s1. The third-order valence-corrected chi connectivity index (χ3v) is 2.94. The lowest BCUT2D eigenvalue weighted by molar-refractivity contribution is -0.00852. The first-order chi connectivity index (χ1) is 8.15. The Hall–Kier alpha value is -0.940.